The van der Waals surface area contributed by atoms with Crippen molar-refractivity contribution in [2.75, 3.05) is 32.1 Å². The van der Waals surface area contributed by atoms with Crippen molar-refractivity contribution < 1.29 is 9.59 Å². The first kappa shape index (κ1) is 18.5. The highest BCUT2D eigenvalue weighted by atomic mass is 16.2. The van der Waals surface area contributed by atoms with Gasteiger partial charge in [-0.1, -0.05) is 42.5 Å². The smallest absolute Gasteiger partial charge is 0.309 e. The van der Waals surface area contributed by atoms with E-state index >= 15 is 0 Å². The van der Waals surface area contributed by atoms with Gasteiger partial charge in [-0.2, -0.15) is 0 Å². The van der Waals surface area contributed by atoms with Gasteiger partial charge >= 0.3 is 11.8 Å². The third-order valence-electron chi connectivity index (χ3n) is 3.90. The van der Waals surface area contributed by atoms with Crippen LogP contribution in [0.5, 0.6) is 0 Å². The first-order valence-corrected chi connectivity index (χ1v) is 8.42. The summed E-state index contributed by atoms with van der Waals surface area (Å²) in [6.45, 7) is 0.883. The molecule has 0 atom stereocenters. The monoisotopic (exact) mass is 339 g/mol. The van der Waals surface area contributed by atoms with E-state index in [1.54, 1.807) is 0 Å². The van der Waals surface area contributed by atoms with Crippen molar-refractivity contribution in [2.24, 2.45) is 0 Å². The van der Waals surface area contributed by atoms with Gasteiger partial charge in [-0.05, 0) is 36.1 Å². The number of hydrogen-bond acceptors (Lipinski definition) is 3. The van der Waals surface area contributed by atoms with Crippen molar-refractivity contribution in [3.05, 3.63) is 65.7 Å². The van der Waals surface area contributed by atoms with Crippen molar-refractivity contribution in [3.63, 3.8) is 0 Å². The Labute approximate surface area is 149 Å². The van der Waals surface area contributed by atoms with Crippen LogP contribution in [0.2, 0.25) is 0 Å². The van der Waals surface area contributed by atoms with Gasteiger partial charge in [0.1, 0.15) is 0 Å². The summed E-state index contributed by atoms with van der Waals surface area (Å²) in [6, 6.07) is 18.0. The number of rotatable bonds is 7. The second-order valence-electron chi connectivity index (χ2n) is 6.06. The minimum atomic E-state index is -0.585. The van der Waals surface area contributed by atoms with Gasteiger partial charge < -0.3 is 15.5 Å². The molecule has 0 unspecified atom stereocenters. The first-order valence-electron chi connectivity index (χ1n) is 8.42. The molecule has 0 spiro atoms. The van der Waals surface area contributed by atoms with Gasteiger partial charge in [-0.3, -0.25) is 9.59 Å². The van der Waals surface area contributed by atoms with Crippen LogP contribution in [-0.2, 0) is 22.4 Å². The van der Waals surface area contributed by atoms with Crippen molar-refractivity contribution in [3.8, 4) is 0 Å². The van der Waals surface area contributed by atoms with Gasteiger partial charge in [0.15, 0.2) is 0 Å². The van der Waals surface area contributed by atoms with Crippen LogP contribution < -0.4 is 15.5 Å². The predicted molar refractivity (Wildman–Crippen MR) is 101 cm³/mol. The van der Waals surface area contributed by atoms with E-state index in [-0.39, 0.29) is 0 Å². The summed E-state index contributed by atoms with van der Waals surface area (Å²) in [7, 11) is 3.98. The van der Waals surface area contributed by atoms with Crippen LogP contribution in [0.1, 0.15) is 11.1 Å². The molecule has 0 aromatic heterocycles. The summed E-state index contributed by atoms with van der Waals surface area (Å²) >= 11 is 0. The number of carbonyl (C=O) groups excluding carboxylic acids is 2. The molecule has 2 aromatic carbocycles. The van der Waals surface area contributed by atoms with Crippen LogP contribution >= 0.6 is 0 Å². The minimum Gasteiger partial charge on any atom is -0.378 e. The Bertz CT molecular complexity index is 682. The highest BCUT2D eigenvalue weighted by Gasteiger charge is 2.11. The zero-order chi connectivity index (χ0) is 18.1. The maximum atomic E-state index is 11.8. The fourth-order valence-corrected chi connectivity index (χ4v) is 2.41. The third kappa shape index (κ3) is 6.30. The fourth-order valence-electron chi connectivity index (χ4n) is 2.41. The summed E-state index contributed by atoms with van der Waals surface area (Å²) < 4.78 is 0. The molecule has 0 saturated heterocycles. The lowest BCUT2D eigenvalue weighted by molar-refractivity contribution is -0.139. The van der Waals surface area contributed by atoms with E-state index in [0.717, 1.165) is 16.8 Å². The zero-order valence-corrected chi connectivity index (χ0v) is 14.8. The molecule has 5 heteroatoms. The molecule has 0 aliphatic heterocycles. The maximum Gasteiger partial charge on any atom is 0.309 e. The van der Waals surface area contributed by atoms with Gasteiger partial charge in [0, 0.05) is 32.9 Å². The molecule has 0 bridgehead atoms. The lowest BCUT2D eigenvalue weighted by Gasteiger charge is -2.12. The molecule has 2 N–H and O–H groups in total. The topological polar surface area (TPSA) is 61.4 Å². The van der Waals surface area contributed by atoms with Gasteiger partial charge in [-0.25, -0.2) is 0 Å². The van der Waals surface area contributed by atoms with E-state index in [9.17, 15) is 9.59 Å². The molecular weight excluding hydrogens is 314 g/mol. The minimum absolute atomic E-state index is 0.437. The highest BCUT2D eigenvalue weighted by molar-refractivity contribution is 6.35. The summed E-state index contributed by atoms with van der Waals surface area (Å²) in [6.07, 6.45) is 1.40. The number of hydrogen-bond donors (Lipinski definition) is 2. The molecule has 2 amide bonds. The van der Waals surface area contributed by atoms with E-state index in [0.29, 0.717) is 25.9 Å². The molecule has 0 saturated carbocycles. The fraction of sp³-hybridized carbons (Fsp3) is 0.300. The molecule has 132 valence electrons. The van der Waals surface area contributed by atoms with Crippen molar-refractivity contribution in [2.45, 2.75) is 12.8 Å². The maximum absolute atomic E-state index is 11.8. The summed E-state index contributed by atoms with van der Waals surface area (Å²) in [5.41, 5.74) is 3.38. The van der Waals surface area contributed by atoms with E-state index in [2.05, 4.69) is 10.6 Å². The summed E-state index contributed by atoms with van der Waals surface area (Å²) in [5.74, 6) is -1.17. The Hall–Kier alpha value is -2.82. The quantitative estimate of drug-likeness (QED) is 0.756. The standard InChI is InChI=1S/C20H25N3O2/c1-23(2)18-10-8-17(9-11-18)13-15-22-20(25)19(24)21-14-12-16-6-4-3-5-7-16/h3-11H,12-15H2,1-2H3,(H,21,24)(H,22,25). The van der Waals surface area contributed by atoms with Crippen LogP contribution in [0.15, 0.2) is 54.6 Å². The molecule has 2 aromatic rings. The number of carbonyl (C=O) groups is 2. The summed E-state index contributed by atoms with van der Waals surface area (Å²) in [4.78, 5) is 25.6. The van der Waals surface area contributed by atoms with Crippen LogP contribution in [0, 0.1) is 0 Å². The average Bonchev–Trinajstić information content (AvgIpc) is 2.63. The van der Waals surface area contributed by atoms with E-state index in [1.165, 1.54) is 0 Å². The van der Waals surface area contributed by atoms with Gasteiger partial charge in [0.25, 0.3) is 0 Å². The van der Waals surface area contributed by atoms with Crippen molar-refractivity contribution in [1.29, 1.82) is 0 Å². The number of nitrogens with one attached hydrogen (secondary N) is 2. The molecule has 0 aliphatic carbocycles. The molecular formula is C20H25N3O2. The average molecular weight is 339 g/mol. The molecule has 2 rings (SSSR count). The molecule has 0 aliphatic rings. The molecule has 0 heterocycles. The lowest BCUT2D eigenvalue weighted by atomic mass is 10.1. The molecule has 25 heavy (non-hydrogen) atoms. The Morgan fingerprint density at radius 3 is 1.72 bits per heavy atom. The van der Waals surface area contributed by atoms with E-state index < -0.39 is 11.8 Å². The highest BCUT2D eigenvalue weighted by Crippen LogP contribution is 2.12. The van der Waals surface area contributed by atoms with Crippen LogP contribution in [-0.4, -0.2) is 39.0 Å². The van der Waals surface area contributed by atoms with E-state index in [4.69, 9.17) is 0 Å². The Morgan fingerprint density at radius 1 is 0.760 bits per heavy atom. The first-order chi connectivity index (χ1) is 12.1. The van der Waals surface area contributed by atoms with Gasteiger partial charge in [-0.15, -0.1) is 0 Å². The Balaban J connectivity index is 1.66. The normalized spacial score (nSPS) is 10.2. The third-order valence-corrected chi connectivity index (χ3v) is 3.90. The molecule has 0 radical (unpaired) electrons. The Morgan fingerprint density at radius 2 is 1.24 bits per heavy atom. The molecule has 0 fully saturated rings. The number of nitrogens with zero attached hydrogens (tertiary/aromatic N) is 1. The SMILES string of the molecule is CN(C)c1ccc(CCNC(=O)C(=O)NCCc2ccccc2)cc1. The number of anilines is 1. The predicted octanol–water partition coefficient (Wildman–Crippen LogP) is 1.77. The largest absolute Gasteiger partial charge is 0.378 e. The van der Waals surface area contributed by atoms with E-state index in [1.807, 2.05) is 73.6 Å². The second-order valence-corrected chi connectivity index (χ2v) is 6.06. The van der Waals surface area contributed by atoms with Crippen LogP contribution in [0.4, 0.5) is 5.69 Å². The number of benzene rings is 2. The summed E-state index contributed by atoms with van der Waals surface area (Å²) in [5, 5.41) is 5.30. The number of amides is 2. The Kier molecular flexibility index (Phi) is 7.01. The molecule has 5 nitrogen and oxygen atoms in total. The lowest BCUT2D eigenvalue weighted by Crippen LogP contribution is -2.41. The van der Waals surface area contributed by atoms with Gasteiger partial charge in [0.05, 0.1) is 0 Å². The van der Waals surface area contributed by atoms with Gasteiger partial charge in [0.2, 0.25) is 0 Å². The van der Waals surface area contributed by atoms with Crippen LogP contribution in [0.3, 0.4) is 0 Å². The zero-order valence-electron chi connectivity index (χ0n) is 14.8. The van der Waals surface area contributed by atoms with Crippen LogP contribution in [0.25, 0.3) is 0 Å². The van der Waals surface area contributed by atoms with Crippen molar-refractivity contribution >= 4 is 17.5 Å². The second kappa shape index (κ2) is 9.47. The van der Waals surface area contributed by atoms with Crippen molar-refractivity contribution in [1.82, 2.24) is 10.6 Å².